The smallest absolute Gasteiger partial charge is 0.0465 e. The molecule has 7 rings (SSSR count). The summed E-state index contributed by atoms with van der Waals surface area (Å²) >= 11 is 0. The van der Waals surface area contributed by atoms with Crippen LogP contribution in [0.4, 0.5) is 0 Å². The molecule has 0 saturated heterocycles. The van der Waals surface area contributed by atoms with Crippen molar-refractivity contribution in [2.45, 2.75) is 19.8 Å². The van der Waals surface area contributed by atoms with Crippen LogP contribution in [0.2, 0.25) is 0 Å². The van der Waals surface area contributed by atoms with Crippen LogP contribution in [0.15, 0.2) is 91.0 Å². The van der Waals surface area contributed by atoms with E-state index in [9.17, 15) is 0 Å². The number of benzene rings is 6. The van der Waals surface area contributed by atoms with Gasteiger partial charge in [0.05, 0.1) is 0 Å². The minimum atomic E-state index is 0.295. The zero-order valence-corrected chi connectivity index (χ0v) is 18.2. The topological polar surface area (TPSA) is 15.8 Å². The highest BCUT2D eigenvalue weighted by Crippen LogP contribution is 2.41. The molecule has 0 bridgehead atoms. The molecule has 1 unspecified atom stereocenters. The number of rotatable bonds is 2. The maximum Gasteiger partial charge on any atom is 0.0465 e. The van der Waals surface area contributed by atoms with Crippen LogP contribution in [-0.4, -0.2) is 4.98 Å². The monoisotopic (exact) mass is 409 g/mol. The third kappa shape index (κ3) is 2.39. The number of hydrogen-bond acceptors (Lipinski definition) is 0. The minimum Gasteiger partial charge on any atom is -0.355 e. The summed E-state index contributed by atoms with van der Waals surface area (Å²) in [6.45, 7) is 4.51. The first-order chi connectivity index (χ1) is 15.7. The van der Waals surface area contributed by atoms with E-state index in [1.165, 1.54) is 70.8 Å². The predicted octanol–water partition coefficient (Wildman–Crippen LogP) is 8.68. The molecule has 7 aromatic rings. The first-order valence-corrected chi connectivity index (χ1v) is 11.4. The number of nitrogens with one attached hydrogen (secondary N) is 1. The van der Waals surface area contributed by atoms with Crippen molar-refractivity contribution in [3.8, 4) is 0 Å². The fourth-order valence-electron chi connectivity index (χ4n) is 5.63. The van der Waals surface area contributed by atoms with Gasteiger partial charge >= 0.3 is 0 Å². The average Bonchev–Trinajstić information content (AvgIpc) is 3.19. The van der Waals surface area contributed by atoms with Crippen molar-refractivity contribution >= 4 is 54.1 Å². The van der Waals surface area contributed by atoms with E-state index in [1.54, 1.807) is 0 Å². The molecule has 1 nitrogen and oxygen atoms in total. The molecular formula is C31H23N. The van der Waals surface area contributed by atoms with E-state index in [1.807, 2.05) is 0 Å². The second kappa shape index (κ2) is 6.34. The van der Waals surface area contributed by atoms with Gasteiger partial charge in [-0.15, -0.1) is 0 Å². The Morgan fingerprint density at radius 3 is 2.12 bits per heavy atom. The van der Waals surface area contributed by atoms with E-state index in [2.05, 4.69) is 110 Å². The number of aryl methyl sites for hydroxylation is 1. The predicted molar refractivity (Wildman–Crippen MR) is 138 cm³/mol. The van der Waals surface area contributed by atoms with E-state index < -0.39 is 0 Å². The Morgan fingerprint density at radius 1 is 0.594 bits per heavy atom. The van der Waals surface area contributed by atoms with Crippen LogP contribution in [0, 0.1) is 6.92 Å². The summed E-state index contributed by atoms with van der Waals surface area (Å²) in [7, 11) is 0. The molecule has 1 N–H and O–H groups in total. The molecule has 0 amide bonds. The number of aromatic amines is 1. The summed E-state index contributed by atoms with van der Waals surface area (Å²) in [6, 6.07) is 33.9. The van der Waals surface area contributed by atoms with Gasteiger partial charge in [-0.2, -0.15) is 0 Å². The quantitative estimate of drug-likeness (QED) is 0.275. The summed E-state index contributed by atoms with van der Waals surface area (Å²) in [5.41, 5.74) is 6.46. The van der Waals surface area contributed by atoms with Gasteiger partial charge in [0.2, 0.25) is 0 Å². The van der Waals surface area contributed by atoms with Gasteiger partial charge in [0, 0.05) is 27.7 Å². The molecule has 0 saturated carbocycles. The minimum absolute atomic E-state index is 0.295. The van der Waals surface area contributed by atoms with Crippen molar-refractivity contribution in [3.05, 3.63) is 108 Å². The van der Waals surface area contributed by atoms with Crippen LogP contribution < -0.4 is 0 Å². The maximum absolute atomic E-state index is 3.58. The Bertz CT molecular complexity index is 1800. The van der Waals surface area contributed by atoms with Gasteiger partial charge in [-0.25, -0.2) is 0 Å². The highest BCUT2D eigenvalue weighted by molar-refractivity contribution is 6.24. The first-order valence-electron chi connectivity index (χ1n) is 11.4. The van der Waals surface area contributed by atoms with Gasteiger partial charge in [-0.3, -0.25) is 0 Å². The lowest BCUT2D eigenvalue weighted by Crippen LogP contribution is -1.98. The van der Waals surface area contributed by atoms with Gasteiger partial charge in [0.1, 0.15) is 0 Å². The van der Waals surface area contributed by atoms with Crippen molar-refractivity contribution < 1.29 is 0 Å². The van der Waals surface area contributed by atoms with Gasteiger partial charge in [0.25, 0.3) is 0 Å². The second-order valence-electron chi connectivity index (χ2n) is 9.22. The summed E-state index contributed by atoms with van der Waals surface area (Å²) in [4.78, 5) is 3.58. The summed E-state index contributed by atoms with van der Waals surface area (Å²) in [5, 5.41) is 10.7. The molecule has 0 aliphatic rings. The van der Waals surface area contributed by atoms with E-state index in [4.69, 9.17) is 0 Å². The van der Waals surface area contributed by atoms with Crippen LogP contribution in [0.1, 0.15) is 29.5 Å². The number of aromatic nitrogens is 1. The lowest BCUT2D eigenvalue weighted by molar-refractivity contribution is 0.938. The molecule has 0 aliphatic heterocycles. The van der Waals surface area contributed by atoms with Crippen molar-refractivity contribution in [3.63, 3.8) is 0 Å². The molecule has 0 radical (unpaired) electrons. The number of fused-ring (bicyclic) bond motifs is 3. The van der Waals surface area contributed by atoms with E-state index in [0.29, 0.717) is 5.92 Å². The molecule has 0 aliphatic carbocycles. The average molecular weight is 410 g/mol. The Morgan fingerprint density at radius 2 is 1.28 bits per heavy atom. The molecule has 152 valence electrons. The molecule has 1 atom stereocenters. The third-order valence-electron chi connectivity index (χ3n) is 7.28. The van der Waals surface area contributed by atoms with Crippen molar-refractivity contribution in [2.24, 2.45) is 0 Å². The van der Waals surface area contributed by atoms with Crippen molar-refractivity contribution in [2.75, 3.05) is 0 Å². The Labute approximate surface area is 186 Å². The maximum atomic E-state index is 3.58. The summed E-state index contributed by atoms with van der Waals surface area (Å²) < 4.78 is 0. The van der Waals surface area contributed by atoms with E-state index >= 15 is 0 Å². The lowest BCUT2D eigenvalue weighted by Gasteiger charge is -2.19. The fraction of sp³-hybridized carbons (Fsp3) is 0.0968. The molecule has 0 spiro atoms. The van der Waals surface area contributed by atoms with Crippen molar-refractivity contribution in [1.29, 1.82) is 0 Å². The summed E-state index contributed by atoms with van der Waals surface area (Å²) in [5.74, 6) is 0.295. The second-order valence-corrected chi connectivity index (χ2v) is 9.22. The number of H-pyrrole nitrogens is 1. The Kier molecular flexibility index (Phi) is 3.52. The van der Waals surface area contributed by atoms with Gasteiger partial charge in [-0.05, 0) is 80.7 Å². The molecular weight excluding hydrogens is 386 g/mol. The Hall–Kier alpha value is -3.84. The van der Waals surface area contributed by atoms with Crippen LogP contribution in [0.3, 0.4) is 0 Å². The Balaban J connectivity index is 1.50. The standard InChI is InChI=1S/C31H23N/c1-18-9-13-28-26(15-18)27-16-22(12-14-29(27)32-28)19(2)25-17-23-7-3-5-20-10-11-21-6-4-8-24(25)31(21)30(20)23/h3-17,19,32H,1-2H3. The van der Waals surface area contributed by atoms with Crippen LogP contribution in [-0.2, 0) is 0 Å². The van der Waals surface area contributed by atoms with E-state index in [0.717, 1.165) is 0 Å². The number of hydrogen-bond donors (Lipinski definition) is 1. The van der Waals surface area contributed by atoms with Crippen molar-refractivity contribution in [1.82, 2.24) is 4.98 Å². The molecule has 6 aromatic carbocycles. The fourth-order valence-corrected chi connectivity index (χ4v) is 5.63. The zero-order chi connectivity index (χ0) is 21.4. The lowest BCUT2D eigenvalue weighted by atomic mass is 9.84. The highest BCUT2D eigenvalue weighted by atomic mass is 14.7. The third-order valence-corrected chi connectivity index (χ3v) is 7.28. The van der Waals surface area contributed by atoms with E-state index in [-0.39, 0.29) is 0 Å². The normalized spacial score (nSPS) is 13.2. The largest absolute Gasteiger partial charge is 0.355 e. The van der Waals surface area contributed by atoms with Gasteiger partial charge < -0.3 is 4.98 Å². The molecule has 1 heteroatoms. The molecule has 0 fully saturated rings. The zero-order valence-electron chi connectivity index (χ0n) is 18.2. The summed E-state index contributed by atoms with van der Waals surface area (Å²) in [6.07, 6.45) is 0. The van der Waals surface area contributed by atoms with Crippen LogP contribution >= 0.6 is 0 Å². The first kappa shape index (κ1) is 17.8. The van der Waals surface area contributed by atoms with Gasteiger partial charge in [-0.1, -0.05) is 73.2 Å². The molecule has 1 heterocycles. The van der Waals surface area contributed by atoms with Gasteiger partial charge in [0.15, 0.2) is 0 Å². The molecule has 1 aromatic heterocycles. The highest BCUT2D eigenvalue weighted by Gasteiger charge is 2.17. The molecule has 32 heavy (non-hydrogen) atoms. The van der Waals surface area contributed by atoms with Crippen LogP contribution in [0.25, 0.3) is 54.1 Å². The SMILES string of the molecule is Cc1ccc2[nH]c3ccc(C(C)c4cc5cccc6ccc7cccc4c7c65)cc3c2c1. The van der Waals surface area contributed by atoms with Crippen LogP contribution in [0.5, 0.6) is 0 Å².